The van der Waals surface area contributed by atoms with Gasteiger partial charge in [-0.25, -0.2) is 13.6 Å². The fourth-order valence-electron chi connectivity index (χ4n) is 5.14. The van der Waals surface area contributed by atoms with E-state index in [9.17, 15) is 18.8 Å². The molecule has 0 saturated carbocycles. The largest absolute Gasteiger partial charge is 0.493 e. The van der Waals surface area contributed by atoms with E-state index >= 15 is 0 Å². The zero-order valence-corrected chi connectivity index (χ0v) is 23.5. The summed E-state index contributed by atoms with van der Waals surface area (Å²) in [6, 6.07) is 22.3. The van der Waals surface area contributed by atoms with E-state index in [1.807, 2.05) is 0 Å². The number of esters is 1. The fraction of sp³-hybridized carbons (Fsp3) is 0.118. The Morgan fingerprint density at radius 2 is 1.84 bits per heavy atom. The summed E-state index contributed by atoms with van der Waals surface area (Å²) in [6.07, 6.45) is 0. The number of fused-ring (bicyclic) bond motifs is 2. The van der Waals surface area contributed by atoms with Crippen LogP contribution in [0.1, 0.15) is 38.7 Å². The average Bonchev–Trinajstić information content (AvgIpc) is 3.35. The number of carbonyl (C=O) groups is 1. The van der Waals surface area contributed by atoms with Crippen LogP contribution in [0.4, 0.5) is 8.78 Å². The van der Waals surface area contributed by atoms with Crippen molar-refractivity contribution in [2.45, 2.75) is 19.4 Å². The van der Waals surface area contributed by atoms with Crippen LogP contribution in [0.2, 0.25) is 0 Å². The zero-order valence-electron chi connectivity index (χ0n) is 23.5. The summed E-state index contributed by atoms with van der Waals surface area (Å²) in [4.78, 5) is 13.0. The lowest BCUT2D eigenvalue weighted by Gasteiger charge is -2.27. The maximum Gasteiger partial charge on any atom is 0.379 e. The lowest BCUT2D eigenvalue weighted by Crippen LogP contribution is -2.21. The summed E-state index contributed by atoms with van der Waals surface area (Å²) >= 11 is 0. The van der Waals surface area contributed by atoms with Crippen molar-refractivity contribution < 1.29 is 36.9 Å². The number of allylic oxidation sites excluding steroid dienone is 1. The molecule has 0 fully saturated rings. The molecule has 4 aromatic carbocycles. The van der Waals surface area contributed by atoms with Crippen molar-refractivity contribution in [3.8, 4) is 29.1 Å². The van der Waals surface area contributed by atoms with E-state index in [1.54, 1.807) is 55.5 Å². The van der Waals surface area contributed by atoms with Crippen LogP contribution in [0.15, 0.2) is 94.7 Å². The van der Waals surface area contributed by atoms with Gasteiger partial charge in [-0.05, 0) is 55.0 Å². The van der Waals surface area contributed by atoms with Gasteiger partial charge in [-0.3, -0.25) is 0 Å². The predicted molar refractivity (Wildman–Crippen MR) is 155 cm³/mol. The van der Waals surface area contributed by atoms with Crippen molar-refractivity contribution in [1.82, 2.24) is 0 Å². The summed E-state index contributed by atoms with van der Waals surface area (Å²) in [5.74, 6) is -1.25. The minimum absolute atomic E-state index is 0.00921. The number of carbonyl (C=O) groups excluding carboxylic acids is 1. The van der Waals surface area contributed by atoms with Crippen LogP contribution >= 0.6 is 0 Å². The first-order valence-electron chi connectivity index (χ1n) is 13.4. The molecule has 0 bridgehead atoms. The van der Waals surface area contributed by atoms with Gasteiger partial charge in [0.15, 0.2) is 11.5 Å². The predicted octanol–water partition coefficient (Wildman–Crippen LogP) is 7.04. The van der Waals surface area contributed by atoms with Gasteiger partial charge < -0.3 is 29.1 Å². The number of ether oxygens (including phenoxy) is 4. The van der Waals surface area contributed by atoms with Crippen molar-refractivity contribution in [1.29, 1.82) is 5.26 Å². The molecule has 0 aliphatic carbocycles. The Labute approximate surface area is 250 Å². The molecule has 1 unspecified atom stereocenters. The fourth-order valence-corrected chi connectivity index (χ4v) is 5.14. The molecule has 1 aliphatic heterocycles. The molecule has 0 amide bonds. The Bertz CT molecular complexity index is 2010. The number of benzene rings is 4. The number of nitrogens with zero attached hydrogens (tertiary/aromatic N) is 1. The number of hydrogen-bond acceptors (Lipinski definition) is 8. The molecule has 2 N–H and O–H groups in total. The minimum atomic E-state index is -0.775. The molecule has 6 rings (SSSR count). The molecular weight excluding hydrogens is 570 g/mol. The summed E-state index contributed by atoms with van der Waals surface area (Å²) in [7, 11) is 1.48. The minimum Gasteiger partial charge on any atom is -0.493 e. The van der Waals surface area contributed by atoms with Gasteiger partial charge in [0.2, 0.25) is 11.6 Å². The van der Waals surface area contributed by atoms with E-state index < -0.39 is 17.7 Å². The number of nitriles is 1. The number of methoxy groups -OCH3 is 1. The van der Waals surface area contributed by atoms with Gasteiger partial charge in [-0.2, -0.15) is 5.26 Å². The summed E-state index contributed by atoms with van der Waals surface area (Å²) in [5.41, 5.74) is 8.77. The van der Waals surface area contributed by atoms with Crippen LogP contribution in [-0.4, -0.2) is 13.1 Å². The topological polar surface area (TPSA) is 117 Å². The second kappa shape index (κ2) is 11.5. The molecule has 5 aromatic rings. The van der Waals surface area contributed by atoms with E-state index in [2.05, 4.69) is 6.07 Å². The van der Waals surface area contributed by atoms with Crippen LogP contribution in [-0.2, 0) is 6.61 Å². The first-order chi connectivity index (χ1) is 21.3. The smallest absolute Gasteiger partial charge is 0.379 e. The highest BCUT2D eigenvalue weighted by Gasteiger charge is 2.32. The van der Waals surface area contributed by atoms with Crippen molar-refractivity contribution in [2.24, 2.45) is 5.73 Å². The quantitative estimate of drug-likeness (QED) is 0.157. The molecule has 1 atom stereocenters. The first kappa shape index (κ1) is 28.3. The van der Waals surface area contributed by atoms with Gasteiger partial charge in [0.25, 0.3) is 0 Å². The van der Waals surface area contributed by atoms with Crippen LogP contribution < -0.4 is 24.7 Å². The molecule has 1 aromatic heterocycles. The molecule has 8 nitrogen and oxygen atoms in total. The highest BCUT2D eigenvalue weighted by molar-refractivity contribution is 5.96. The van der Waals surface area contributed by atoms with Crippen molar-refractivity contribution in [2.75, 3.05) is 7.11 Å². The maximum absolute atomic E-state index is 14.1. The Balaban J connectivity index is 1.29. The van der Waals surface area contributed by atoms with Gasteiger partial charge in [-0.1, -0.05) is 30.3 Å². The van der Waals surface area contributed by atoms with E-state index in [1.165, 1.54) is 37.4 Å². The number of halogens is 2. The number of hydrogen-bond donors (Lipinski definition) is 1. The molecule has 10 heteroatoms. The Hall–Kier alpha value is -5.82. The third-order valence-electron chi connectivity index (χ3n) is 7.35. The third-order valence-corrected chi connectivity index (χ3v) is 7.35. The number of nitrogens with two attached hydrogens (primary N) is 1. The number of rotatable bonds is 7. The average molecular weight is 595 g/mol. The second-order valence-electron chi connectivity index (χ2n) is 10.0. The monoisotopic (exact) mass is 594 g/mol. The summed E-state index contributed by atoms with van der Waals surface area (Å²) in [5, 5.41) is 10.4. The molecule has 2 heterocycles. The van der Waals surface area contributed by atoms with Crippen LogP contribution in [0.3, 0.4) is 0 Å². The molecule has 0 spiro atoms. The zero-order chi connectivity index (χ0) is 31.0. The van der Waals surface area contributed by atoms with Crippen LogP contribution in [0.25, 0.3) is 11.0 Å². The summed E-state index contributed by atoms with van der Waals surface area (Å²) in [6.45, 7) is 1.63. The molecule has 0 saturated heterocycles. The van der Waals surface area contributed by atoms with Crippen molar-refractivity contribution in [3.63, 3.8) is 0 Å². The Kier molecular flexibility index (Phi) is 7.37. The van der Waals surface area contributed by atoms with Gasteiger partial charge in [0.05, 0.1) is 13.0 Å². The summed E-state index contributed by atoms with van der Waals surface area (Å²) < 4.78 is 56.2. The second-order valence-corrected chi connectivity index (χ2v) is 10.0. The van der Waals surface area contributed by atoms with E-state index in [0.29, 0.717) is 44.7 Å². The normalized spacial score (nSPS) is 14.0. The van der Waals surface area contributed by atoms with Gasteiger partial charge >= 0.3 is 5.97 Å². The number of aryl methyl sites for hydroxylation is 1. The van der Waals surface area contributed by atoms with E-state index in [0.717, 1.165) is 0 Å². The maximum atomic E-state index is 14.1. The Morgan fingerprint density at radius 3 is 2.61 bits per heavy atom. The first-order valence-corrected chi connectivity index (χ1v) is 13.4. The molecule has 44 heavy (non-hydrogen) atoms. The van der Waals surface area contributed by atoms with Gasteiger partial charge in [-0.15, -0.1) is 0 Å². The molecule has 1 aliphatic rings. The third kappa shape index (κ3) is 5.16. The van der Waals surface area contributed by atoms with Crippen LogP contribution in [0, 0.1) is 29.9 Å². The lowest BCUT2D eigenvalue weighted by molar-refractivity contribution is 0.0702. The molecule has 220 valence electrons. The van der Waals surface area contributed by atoms with Gasteiger partial charge in [0, 0.05) is 28.1 Å². The standard InChI is InChI=1S/C34H24F2N2O6/c1-18-24-14-21(35)8-12-27(24)43-32(18)34(39)42-22-9-10-23-29(15-22)44-33(38)25(16-37)31(23)19-7-11-28(30(13-19)40-2)41-17-20-5-3-4-6-26(20)36/h3-15,31H,17,38H2,1-2H3. The highest BCUT2D eigenvalue weighted by Crippen LogP contribution is 2.45. The van der Waals surface area contributed by atoms with E-state index in [4.69, 9.17) is 29.1 Å². The highest BCUT2D eigenvalue weighted by atomic mass is 19.1. The number of furan rings is 1. The van der Waals surface area contributed by atoms with Gasteiger partial charge in [0.1, 0.15) is 47.0 Å². The van der Waals surface area contributed by atoms with Crippen LogP contribution in [0.5, 0.6) is 23.0 Å². The molecular formula is C34H24F2N2O6. The SMILES string of the molecule is COc1cc(C2C(C#N)=C(N)Oc3cc(OC(=O)c4oc5ccc(F)cc5c4C)ccc32)ccc1OCc1ccccc1F. The Morgan fingerprint density at radius 1 is 1.02 bits per heavy atom. The van der Waals surface area contributed by atoms with Crippen molar-refractivity contribution in [3.05, 3.63) is 130 Å². The van der Waals surface area contributed by atoms with Crippen molar-refractivity contribution >= 4 is 16.9 Å². The lowest BCUT2D eigenvalue weighted by atomic mass is 9.83. The molecule has 0 radical (unpaired) electrons. The van der Waals surface area contributed by atoms with E-state index in [-0.39, 0.29) is 41.1 Å².